The molecule has 2 aromatic carbocycles. The quantitative estimate of drug-likeness (QED) is 0.298. The highest BCUT2D eigenvalue weighted by molar-refractivity contribution is 8.26. The number of aromatic nitrogens is 1. The molecule has 1 atom stereocenters. The fourth-order valence-electron chi connectivity index (χ4n) is 4.87. The van der Waals surface area contributed by atoms with Crippen molar-refractivity contribution in [1.82, 2.24) is 15.2 Å². The molecule has 1 unspecified atom stereocenters. The molecule has 1 aromatic heterocycles. The molecule has 0 bridgehead atoms. The molecule has 1 saturated heterocycles. The van der Waals surface area contributed by atoms with Crippen LogP contribution in [0.4, 0.5) is 4.39 Å². The average molecular weight is 537 g/mol. The van der Waals surface area contributed by atoms with E-state index >= 15 is 4.39 Å². The number of halogens is 1. The molecule has 200 valence electrons. The van der Waals surface area contributed by atoms with Gasteiger partial charge in [0.1, 0.15) is 18.2 Å². The summed E-state index contributed by atoms with van der Waals surface area (Å²) in [6, 6.07) is 13.6. The van der Waals surface area contributed by atoms with Gasteiger partial charge in [-0.15, -0.1) is 0 Å². The van der Waals surface area contributed by atoms with Crippen molar-refractivity contribution in [3.63, 3.8) is 0 Å². The number of pyridine rings is 1. The van der Waals surface area contributed by atoms with Crippen molar-refractivity contribution in [2.45, 2.75) is 45.8 Å². The Hall–Kier alpha value is -3.30. The highest BCUT2D eigenvalue weighted by atomic mass is 32.2. The van der Waals surface area contributed by atoms with Crippen LogP contribution < -0.4 is 10.1 Å². The molecule has 1 aliphatic rings. The SMILES string of the molecule is CC(=O)SC(=N)CC(NC(=O)c1ccc(OCc2cc(C)nc3ccccc23)cc1F)C1CCN(C)CC1. The Morgan fingerprint density at radius 3 is 2.66 bits per heavy atom. The Morgan fingerprint density at radius 1 is 1.21 bits per heavy atom. The van der Waals surface area contributed by atoms with Gasteiger partial charge in [-0.1, -0.05) is 18.2 Å². The molecule has 1 aliphatic heterocycles. The van der Waals surface area contributed by atoms with E-state index in [0.717, 1.165) is 59.9 Å². The van der Waals surface area contributed by atoms with Crippen LogP contribution in [0.15, 0.2) is 48.5 Å². The third-order valence-electron chi connectivity index (χ3n) is 6.83. The third kappa shape index (κ3) is 7.17. The number of likely N-dealkylation sites (tertiary alicyclic amines) is 1. The van der Waals surface area contributed by atoms with Gasteiger partial charge in [0, 0.05) is 42.1 Å². The normalized spacial score (nSPS) is 15.3. The fraction of sp³-hybridized carbons (Fsp3) is 0.379. The number of benzene rings is 2. The topological polar surface area (TPSA) is 95.4 Å². The van der Waals surface area contributed by atoms with E-state index < -0.39 is 11.7 Å². The summed E-state index contributed by atoms with van der Waals surface area (Å²) in [5.74, 6) is -0.739. The predicted octanol–water partition coefficient (Wildman–Crippen LogP) is 5.35. The second-order valence-electron chi connectivity index (χ2n) is 9.81. The molecule has 4 rings (SSSR count). The number of nitrogens with one attached hydrogen (secondary N) is 2. The highest BCUT2D eigenvalue weighted by Gasteiger charge is 2.29. The van der Waals surface area contributed by atoms with Crippen molar-refractivity contribution in [1.29, 1.82) is 5.41 Å². The lowest BCUT2D eigenvalue weighted by Gasteiger charge is -2.34. The van der Waals surface area contributed by atoms with Crippen LogP contribution in [0.2, 0.25) is 0 Å². The second-order valence-corrected chi connectivity index (χ2v) is 11.1. The molecule has 0 radical (unpaired) electrons. The van der Waals surface area contributed by atoms with Gasteiger partial charge in [0.15, 0.2) is 5.12 Å². The molecule has 9 heteroatoms. The number of fused-ring (bicyclic) bond motifs is 1. The number of piperidine rings is 1. The van der Waals surface area contributed by atoms with Crippen LogP contribution in [0.3, 0.4) is 0 Å². The van der Waals surface area contributed by atoms with E-state index in [4.69, 9.17) is 10.1 Å². The van der Waals surface area contributed by atoms with Gasteiger partial charge in [-0.3, -0.25) is 20.0 Å². The summed E-state index contributed by atoms with van der Waals surface area (Å²) >= 11 is 0.868. The van der Waals surface area contributed by atoms with E-state index in [9.17, 15) is 9.59 Å². The highest BCUT2D eigenvalue weighted by Crippen LogP contribution is 2.26. The Kier molecular flexibility index (Phi) is 9.12. The molecule has 0 saturated carbocycles. The maximum absolute atomic E-state index is 15.1. The monoisotopic (exact) mass is 536 g/mol. The average Bonchev–Trinajstić information content (AvgIpc) is 2.86. The number of para-hydroxylation sites is 1. The molecule has 3 aromatic rings. The van der Waals surface area contributed by atoms with E-state index in [-0.39, 0.29) is 40.7 Å². The zero-order valence-corrected chi connectivity index (χ0v) is 22.7. The van der Waals surface area contributed by atoms with Crippen molar-refractivity contribution in [3.05, 3.63) is 71.2 Å². The molecule has 2 N–H and O–H groups in total. The molecule has 1 fully saturated rings. The summed E-state index contributed by atoms with van der Waals surface area (Å²) in [5, 5.41) is 12.2. The number of hydrogen-bond donors (Lipinski definition) is 2. The van der Waals surface area contributed by atoms with Gasteiger partial charge in [-0.05, 0) is 81.8 Å². The molecular weight excluding hydrogens is 503 g/mol. The van der Waals surface area contributed by atoms with Gasteiger partial charge >= 0.3 is 0 Å². The van der Waals surface area contributed by atoms with Crippen LogP contribution in [-0.4, -0.2) is 52.1 Å². The van der Waals surface area contributed by atoms with Gasteiger partial charge in [-0.2, -0.15) is 0 Å². The molecule has 1 amide bonds. The predicted molar refractivity (Wildman–Crippen MR) is 149 cm³/mol. The summed E-state index contributed by atoms with van der Waals surface area (Å²) < 4.78 is 21.0. The summed E-state index contributed by atoms with van der Waals surface area (Å²) in [5.41, 5.74) is 2.61. The minimum Gasteiger partial charge on any atom is -0.489 e. The summed E-state index contributed by atoms with van der Waals surface area (Å²) in [6.45, 7) is 5.35. The zero-order valence-electron chi connectivity index (χ0n) is 21.9. The number of carbonyl (C=O) groups excluding carboxylic acids is 2. The van der Waals surface area contributed by atoms with E-state index in [2.05, 4.69) is 22.2 Å². The Labute approximate surface area is 226 Å². The molecule has 0 spiro atoms. The zero-order chi connectivity index (χ0) is 27.2. The number of ether oxygens (including phenoxy) is 1. The Bertz CT molecular complexity index is 1340. The number of rotatable bonds is 8. The number of hydrogen-bond acceptors (Lipinski definition) is 7. The molecule has 7 nitrogen and oxygen atoms in total. The maximum Gasteiger partial charge on any atom is 0.254 e. The van der Waals surface area contributed by atoms with Gasteiger partial charge in [0.05, 0.1) is 16.1 Å². The van der Waals surface area contributed by atoms with Crippen molar-refractivity contribution >= 4 is 38.7 Å². The largest absolute Gasteiger partial charge is 0.489 e. The lowest BCUT2D eigenvalue weighted by Crippen LogP contribution is -2.45. The maximum atomic E-state index is 15.1. The van der Waals surface area contributed by atoms with Crippen molar-refractivity contribution in [3.8, 4) is 5.75 Å². The van der Waals surface area contributed by atoms with E-state index in [0.29, 0.717) is 5.75 Å². The van der Waals surface area contributed by atoms with E-state index in [1.54, 1.807) is 6.07 Å². The number of carbonyl (C=O) groups is 2. The van der Waals surface area contributed by atoms with Gasteiger partial charge < -0.3 is 15.0 Å². The fourth-order valence-corrected chi connectivity index (χ4v) is 5.48. The first-order valence-electron chi connectivity index (χ1n) is 12.7. The van der Waals surface area contributed by atoms with E-state index in [1.807, 2.05) is 37.3 Å². The van der Waals surface area contributed by atoms with Gasteiger partial charge in [0.25, 0.3) is 5.91 Å². The van der Waals surface area contributed by atoms with Crippen LogP contribution >= 0.6 is 11.8 Å². The van der Waals surface area contributed by atoms with Gasteiger partial charge in [0.2, 0.25) is 0 Å². The minimum absolute atomic E-state index is 0.0776. The summed E-state index contributed by atoms with van der Waals surface area (Å²) in [4.78, 5) is 31.3. The van der Waals surface area contributed by atoms with Gasteiger partial charge in [-0.25, -0.2) is 4.39 Å². The van der Waals surface area contributed by atoms with Crippen LogP contribution in [-0.2, 0) is 11.4 Å². The molecule has 0 aliphatic carbocycles. The van der Waals surface area contributed by atoms with Crippen molar-refractivity contribution in [2.24, 2.45) is 5.92 Å². The summed E-state index contributed by atoms with van der Waals surface area (Å²) in [6.07, 6.45) is 1.96. The van der Waals surface area contributed by atoms with Crippen LogP contribution in [0, 0.1) is 24.1 Å². The van der Waals surface area contributed by atoms with Crippen molar-refractivity contribution < 1.29 is 18.7 Å². The molecule has 38 heavy (non-hydrogen) atoms. The number of nitrogens with zero attached hydrogens (tertiary/aromatic N) is 2. The first-order chi connectivity index (χ1) is 18.2. The third-order valence-corrected chi connectivity index (χ3v) is 7.53. The van der Waals surface area contributed by atoms with Crippen LogP contribution in [0.25, 0.3) is 10.9 Å². The second kappa shape index (κ2) is 12.5. The lowest BCUT2D eigenvalue weighted by atomic mass is 9.87. The number of amides is 1. The molecule has 2 heterocycles. The van der Waals surface area contributed by atoms with E-state index in [1.165, 1.54) is 19.1 Å². The Balaban J connectivity index is 1.45. The van der Waals surface area contributed by atoms with Crippen LogP contribution in [0.5, 0.6) is 5.75 Å². The number of thioether (sulfide) groups is 1. The first-order valence-corrected chi connectivity index (χ1v) is 13.5. The smallest absolute Gasteiger partial charge is 0.254 e. The minimum atomic E-state index is -0.675. The summed E-state index contributed by atoms with van der Waals surface area (Å²) in [7, 11) is 2.05. The Morgan fingerprint density at radius 2 is 1.95 bits per heavy atom. The van der Waals surface area contributed by atoms with Crippen LogP contribution in [0.1, 0.15) is 47.8 Å². The molecular formula is C29H33FN4O3S. The standard InChI is InChI=1S/C29H33FN4O3S/c1-18-14-21(23-6-4-5-7-26(23)32-18)17-37-22-8-9-24(25(30)15-22)29(36)33-27(16-28(31)38-19(2)35)20-10-12-34(3)13-11-20/h4-9,14-15,20,27,31H,10-13,16-17H2,1-3H3,(H,33,36). The van der Waals surface area contributed by atoms with Crippen molar-refractivity contribution in [2.75, 3.05) is 20.1 Å². The number of aryl methyl sites for hydroxylation is 1. The first kappa shape index (κ1) is 27.7. The lowest BCUT2D eigenvalue weighted by molar-refractivity contribution is -0.109.